The second-order valence-electron chi connectivity index (χ2n) is 2.35. The Morgan fingerprint density at radius 1 is 0.857 bits per heavy atom. The second-order valence-corrected chi connectivity index (χ2v) is 4.90. The van der Waals surface area contributed by atoms with E-state index in [9.17, 15) is 13.2 Å². The van der Waals surface area contributed by atoms with Crippen LogP contribution in [-0.4, -0.2) is 34.4 Å². The van der Waals surface area contributed by atoms with Crippen LogP contribution in [-0.2, 0) is 13.3 Å². The molecule has 86 valence electrons. The van der Waals surface area contributed by atoms with E-state index in [0.29, 0.717) is 0 Å². The summed E-state index contributed by atoms with van der Waals surface area (Å²) in [5.74, 6) is -4.56. The first kappa shape index (κ1) is 13.9. The maximum atomic E-state index is 12.6. The summed E-state index contributed by atoms with van der Waals surface area (Å²) in [4.78, 5) is 0. The van der Waals surface area contributed by atoms with Gasteiger partial charge in [-0.1, -0.05) is 0 Å². The zero-order valence-corrected chi connectivity index (χ0v) is 9.48. The largest absolute Gasteiger partial charge is 0.616 e. The molecular formula is C7H15F3O3Si. The third kappa shape index (κ3) is 3.23. The van der Waals surface area contributed by atoms with Crippen LogP contribution in [0.2, 0.25) is 0 Å². The third-order valence-electron chi connectivity index (χ3n) is 1.35. The maximum absolute atomic E-state index is 12.6. The fourth-order valence-electron chi connectivity index (χ4n) is 0.941. The van der Waals surface area contributed by atoms with Gasteiger partial charge in [0.05, 0.1) is 0 Å². The van der Waals surface area contributed by atoms with Crippen LogP contribution in [0.5, 0.6) is 0 Å². The van der Waals surface area contributed by atoms with E-state index in [4.69, 9.17) is 0 Å². The van der Waals surface area contributed by atoms with Gasteiger partial charge < -0.3 is 13.3 Å². The summed E-state index contributed by atoms with van der Waals surface area (Å²) in [6.07, 6.45) is 0. The van der Waals surface area contributed by atoms with Crippen LogP contribution in [0.3, 0.4) is 0 Å². The average molecular weight is 232 g/mol. The quantitative estimate of drug-likeness (QED) is 0.657. The van der Waals surface area contributed by atoms with Crippen LogP contribution >= 0.6 is 0 Å². The molecule has 0 aromatic rings. The molecule has 14 heavy (non-hydrogen) atoms. The lowest BCUT2D eigenvalue weighted by molar-refractivity contribution is -0.133. The molecule has 3 nitrogen and oxygen atoms in total. The van der Waals surface area contributed by atoms with Crippen molar-refractivity contribution >= 4 is 8.80 Å². The molecule has 0 N–H and O–H groups in total. The van der Waals surface area contributed by atoms with Gasteiger partial charge in [0.15, 0.2) is 0 Å². The van der Waals surface area contributed by atoms with Crippen molar-refractivity contribution in [3.63, 3.8) is 0 Å². The van der Waals surface area contributed by atoms with E-state index in [2.05, 4.69) is 13.3 Å². The fourth-order valence-corrected chi connectivity index (χ4v) is 2.82. The maximum Gasteiger partial charge on any atom is 0.616 e. The van der Waals surface area contributed by atoms with E-state index in [1.165, 1.54) is 20.8 Å². The molecule has 0 amide bonds. The van der Waals surface area contributed by atoms with Gasteiger partial charge in [-0.3, -0.25) is 0 Å². The summed E-state index contributed by atoms with van der Waals surface area (Å²) in [5, 5.41) is 0. The lowest BCUT2D eigenvalue weighted by Gasteiger charge is -2.29. The lowest BCUT2D eigenvalue weighted by atomic mass is 10.9. The number of halogens is 3. The van der Waals surface area contributed by atoms with Gasteiger partial charge in [-0.05, 0) is 20.8 Å². The number of alkyl halides is 3. The highest BCUT2D eigenvalue weighted by Gasteiger charge is 2.66. The van der Waals surface area contributed by atoms with Gasteiger partial charge >= 0.3 is 14.6 Å². The highest BCUT2D eigenvalue weighted by atomic mass is 28.4. The Morgan fingerprint density at radius 2 is 1.14 bits per heavy atom. The minimum absolute atomic E-state index is 0.0776. The van der Waals surface area contributed by atoms with Gasteiger partial charge in [-0.25, -0.2) is 0 Å². The molecule has 0 atom stereocenters. The Hall–Kier alpha value is -0.113. The highest BCUT2D eigenvalue weighted by molar-refractivity contribution is 6.62. The van der Waals surface area contributed by atoms with Crippen LogP contribution in [0, 0.1) is 0 Å². The van der Waals surface area contributed by atoms with Crippen molar-refractivity contribution in [3.05, 3.63) is 0 Å². The molecule has 0 aliphatic rings. The number of rotatable bonds is 6. The van der Waals surface area contributed by atoms with Gasteiger partial charge in [0.2, 0.25) is 0 Å². The Kier molecular flexibility index (Phi) is 5.65. The molecule has 0 saturated heterocycles. The Labute approximate surface area is 82.5 Å². The van der Waals surface area contributed by atoms with Crippen LogP contribution in [0.4, 0.5) is 13.2 Å². The molecule has 0 fully saturated rings. The minimum atomic E-state index is -4.56. The van der Waals surface area contributed by atoms with Gasteiger partial charge in [-0.15, -0.1) is 0 Å². The number of hydrogen-bond acceptors (Lipinski definition) is 3. The van der Waals surface area contributed by atoms with Crippen molar-refractivity contribution in [1.82, 2.24) is 0 Å². The Balaban J connectivity index is 4.73. The molecule has 0 spiro atoms. The molecule has 0 bridgehead atoms. The first-order valence-corrected chi connectivity index (χ1v) is 6.14. The van der Waals surface area contributed by atoms with Crippen molar-refractivity contribution < 1.29 is 26.4 Å². The summed E-state index contributed by atoms with van der Waals surface area (Å²) < 4.78 is 51.8. The van der Waals surface area contributed by atoms with E-state index in [1.807, 2.05) is 0 Å². The SMILES string of the molecule is CCO[Si](OCC)(OCC)C(F)(F)F. The summed E-state index contributed by atoms with van der Waals surface area (Å²) in [6.45, 7) is 4.20. The first-order valence-electron chi connectivity index (χ1n) is 4.42. The van der Waals surface area contributed by atoms with Crippen molar-refractivity contribution in [2.45, 2.75) is 26.6 Å². The molecule has 0 aromatic carbocycles. The van der Waals surface area contributed by atoms with Gasteiger partial charge in [0.1, 0.15) is 0 Å². The molecule has 0 heterocycles. The molecule has 0 saturated carbocycles. The van der Waals surface area contributed by atoms with Crippen LogP contribution in [0.25, 0.3) is 0 Å². The van der Waals surface area contributed by atoms with Crippen molar-refractivity contribution in [3.8, 4) is 0 Å². The summed E-state index contributed by atoms with van der Waals surface area (Å²) in [7, 11) is -4.50. The van der Waals surface area contributed by atoms with E-state index in [0.717, 1.165) is 0 Å². The summed E-state index contributed by atoms with van der Waals surface area (Å²) >= 11 is 0. The van der Waals surface area contributed by atoms with E-state index < -0.39 is 14.6 Å². The Morgan fingerprint density at radius 3 is 1.29 bits per heavy atom. The van der Waals surface area contributed by atoms with Crippen molar-refractivity contribution in [1.29, 1.82) is 0 Å². The average Bonchev–Trinajstić information content (AvgIpc) is 2.03. The van der Waals surface area contributed by atoms with Crippen LogP contribution < -0.4 is 0 Å². The van der Waals surface area contributed by atoms with E-state index in [-0.39, 0.29) is 19.8 Å². The predicted molar refractivity (Wildman–Crippen MR) is 46.7 cm³/mol. The normalized spacial score (nSPS) is 13.3. The predicted octanol–water partition coefficient (Wildman–Crippen LogP) is 2.14. The summed E-state index contributed by atoms with van der Waals surface area (Å²) in [6, 6.07) is 0. The first-order chi connectivity index (χ1) is 6.43. The zero-order chi connectivity index (χ0) is 11.2. The van der Waals surface area contributed by atoms with E-state index in [1.54, 1.807) is 0 Å². The zero-order valence-electron chi connectivity index (χ0n) is 8.48. The third-order valence-corrected chi connectivity index (χ3v) is 4.05. The topological polar surface area (TPSA) is 27.7 Å². The molecule has 0 radical (unpaired) electrons. The van der Waals surface area contributed by atoms with Crippen molar-refractivity contribution in [2.75, 3.05) is 19.8 Å². The van der Waals surface area contributed by atoms with Gasteiger partial charge in [0, 0.05) is 19.8 Å². The highest BCUT2D eigenvalue weighted by Crippen LogP contribution is 2.31. The molecule has 7 heteroatoms. The van der Waals surface area contributed by atoms with Crippen LogP contribution in [0.1, 0.15) is 20.8 Å². The Bertz CT molecular complexity index is 146. The van der Waals surface area contributed by atoms with E-state index >= 15 is 0 Å². The monoisotopic (exact) mass is 232 g/mol. The summed E-state index contributed by atoms with van der Waals surface area (Å²) in [5.41, 5.74) is 0. The minimum Gasteiger partial charge on any atom is -0.368 e. The standard InChI is InChI=1S/C7H15F3O3Si/c1-4-11-14(12-5-2,13-6-3)7(8,9)10/h4-6H2,1-3H3. The smallest absolute Gasteiger partial charge is 0.368 e. The molecule has 0 unspecified atom stereocenters. The molecule has 0 aliphatic carbocycles. The second kappa shape index (κ2) is 5.69. The van der Waals surface area contributed by atoms with Crippen molar-refractivity contribution in [2.24, 2.45) is 0 Å². The van der Waals surface area contributed by atoms with Crippen LogP contribution in [0.15, 0.2) is 0 Å². The molecular weight excluding hydrogens is 217 g/mol. The van der Waals surface area contributed by atoms with Gasteiger partial charge in [0.25, 0.3) is 0 Å². The molecule has 0 rings (SSSR count). The molecule has 0 aliphatic heterocycles. The number of hydrogen-bond donors (Lipinski definition) is 0. The fraction of sp³-hybridized carbons (Fsp3) is 1.00. The lowest BCUT2D eigenvalue weighted by Crippen LogP contribution is -2.59. The van der Waals surface area contributed by atoms with Gasteiger partial charge in [-0.2, -0.15) is 13.2 Å². The molecule has 0 aromatic heterocycles.